The number of hydrogen-bond acceptors (Lipinski definition) is 4. The Bertz CT molecular complexity index is 318. The Hall–Kier alpha value is -0.650. The Morgan fingerprint density at radius 2 is 1.95 bits per heavy atom. The Morgan fingerprint density at radius 3 is 2.60 bits per heavy atom. The van der Waals surface area contributed by atoms with E-state index < -0.39 is 0 Å². The normalized spacial score (nSPS) is 28.1. The van der Waals surface area contributed by atoms with E-state index in [1.54, 1.807) is 0 Å². The van der Waals surface area contributed by atoms with Crippen molar-refractivity contribution in [2.24, 2.45) is 5.92 Å². The van der Waals surface area contributed by atoms with Crippen LogP contribution in [0.25, 0.3) is 0 Å². The zero-order valence-corrected chi connectivity index (χ0v) is 13.1. The van der Waals surface area contributed by atoms with Gasteiger partial charge in [0.1, 0.15) is 0 Å². The number of piperidine rings is 1. The first kappa shape index (κ1) is 15.7. The number of nitrogens with one attached hydrogen (secondary N) is 1. The lowest BCUT2D eigenvalue weighted by Gasteiger charge is -2.36. The summed E-state index contributed by atoms with van der Waals surface area (Å²) in [6.45, 7) is 9.32. The molecule has 5 nitrogen and oxygen atoms in total. The lowest BCUT2D eigenvalue weighted by molar-refractivity contribution is -0.137. The summed E-state index contributed by atoms with van der Waals surface area (Å²) in [6.07, 6.45) is 2.52. The SMILES string of the molecule is CC(NC(C)C1CCCN(C)C1)C(=O)N1CCOCC1. The van der Waals surface area contributed by atoms with Crippen LogP contribution in [0.3, 0.4) is 0 Å². The zero-order valence-electron chi connectivity index (χ0n) is 13.1. The van der Waals surface area contributed by atoms with Crippen molar-refractivity contribution in [1.29, 1.82) is 0 Å². The summed E-state index contributed by atoms with van der Waals surface area (Å²) in [5.41, 5.74) is 0. The first-order chi connectivity index (χ1) is 9.58. The fraction of sp³-hybridized carbons (Fsp3) is 0.933. The highest BCUT2D eigenvalue weighted by Crippen LogP contribution is 2.19. The average molecular weight is 283 g/mol. The third-order valence-corrected chi connectivity index (χ3v) is 4.57. The van der Waals surface area contributed by atoms with E-state index in [9.17, 15) is 4.79 Å². The van der Waals surface area contributed by atoms with Gasteiger partial charge in [0.05, 0.1) is 19.3 Å². The summed E-state index contributed by atoms with van der Waals surface area (Å²) in [6, 6.07) is 0.285. The van der Waals surface area contributed by atoms with Gasteiger partial charge in [-0.2, -0.15) is 0 Å². The quantitative estimate of drug-likeness (QED) is 0.818. The van der Waals surface area contributed by atoms with Gasteiger partial charge in [0, 0.05) is 25.7 Å². The van der Waals surface area contributed by atoms with Crippen LogP contribution in [0.4, 0.5) is 0 Å². The van der Waals surface area contributed by atoms with E-state index in [0.717, 1.165) is 19.6 Å². The van der Waals surface area contributed by atoms with Crippen LogP contribution in [-0.4, -0.2) is 74.2 Å². The van der Waals surface area contributed by atoms with Crippen molar-refractivity contribution >= 4 is 5.91 Å². The van der Waals surface area contributed by atoms with Crippen molar-refractivity contribution in [2.75, 3.05) is 46.4 Å². The minimum atomic E-state index is -0.102. The molecular formula is C15H29N3O2. The molecule has 0 aliphatic carbocycles. The molecule has 5 heteroatoms. The molecule has 2 heterocycles. The first-order valence-electron chi connectivity index (χ1n) is 7.89. The molecule has 0 spiro atoms. The van der Waals surface area contributed by atoms with Crippen molar-refractivity contribution in [1.82, 2.24) is 15.1 Å². The summed E-state index contributed by atoms with van der Waals surface area (Å²) < 4.78 is 5.30. The molecular weight excluding hydrogens is 254 g/mol. The van der Waals surface area contributed by atoms with E-state index in [0.29, 0.717) is 25.2 Å². The van der Waals surface area contributed by atoms with E-state index in [4.69, 9.17) is 4.74 Å². The molecule has 0 aromatic heterocycles. The maximum absolute atomic E-state index is 12.4. The van der Waals surface area contributed by atoms with Crippen molar-refractivity contribution < 1.29 is 9.53 Å². The van der Waals surface area contributed by atoms with Gasteiger partial charge in [-0.05, 0) is 46.2 Å². The molecule has 1 N–H and O–H groups in total. The molecule has 0 saturated carbocycles. The van der Waals surface area contributed by atoms with Crippen LogP contribution < -0.4 is 5.32 Å². The molecule has 2 fully saturated rings. The van der Waals surface area contributed by atoms with E-state index >= 15 is 0 Å². The fourth-order valence-electron chi connectivity index (χ4n) is 3.27. The summed E-state index contributed by atoms with van der Waals surface area (Å²) in [5, 5.41) is 3.51. The smallest absolute Gasteiger partial charge is 0.239 e. The van der Waals surface area contributed by atoms with E-state index in [1.807, 2.05) is 11.8 Å². The van der Waals surface area contributed by atoms with Gasteiger partial charge in [0.25, 0.3) is 0 Å². The van der Waals surface area contributed by atoms with Gasteiger partial charge in [0.15, 0.2) is 0 Å². The summed E-state index contributed by atoms with van der Waals surface area (Å²) in [4.78, 5) is 16.7. The van der Waals surface area contributed by atoms with E-state index in [2.05, 4.69) is 24.2 Å². The molecule has 3 unspecified atom stereocenters. The molecule has 0 bridgehead atoms. The second-order valence-electron chi connectivity index (χ2n) is 6.28. The van der Waals surface area contributed by atoms with E-state index in [-0.39, 0.29) is 11.9 Å². The predicted molar refractivity (Wildman–Crippen MR) is 79.7 cm³/mol. The molecule has 2 aliphatic rings. The molecule has 20 heavy (non-hydrogen) atoms. The fourth-order valence-corrected chi connectivity index (χ4v) is 3.27. The van der Waals surface area contributed by atoms with Gasteiger partial charge in [-0.1, -0.05) is 0 Å². The predicted octanol–water partition coefficient (Wildman–Crippen LogP) is 0.554. The van der Waals surface area contributed by atoms with Gasteiger partial charge in [0.2, 0.25) is 5.91 Å². The van der Waals surface area contributed by atoms with Gasteiger partial charge in [-0.25, -0.2) is 0 Å². The number of amides is 1. The van der Waals surface area contributed by atoms with Crippen LogP contribution in [0, 0.1) is 5.92 Å². The number of rotatable bonds is 4. The average Bonchev–Trinajstić information content (AvgIpc) is 2.47. The van der Waals surface area contributed by atoms with Crippen LogP contribution in [0.1, 0.15) is 26.7 Å². The second kappa shape index (κ2) is 7.38. The molecule has 2 saturated heterocycles. The van der Waals surface area contributed by atoms with Gasteiger partial charge >= 0.3 is 0 Å². The highest BCUT2D eigenvalue weighted by atomic mass is 16.5. The zero-order chi connectivity index (χ0) is 14.5. The largest absolute Gasteiger partial charge is 0.378 e. The number of likely N-dealkylation sites (tertiary alicyclic amines) is 1. The molecule has 2 aliphatic heterocycles. The van der Waals surface area contributed by atoms with Crippen LogP contribution >= 0.6 is 0 Å². The van der Waals surface area contributed by atoms with Gasteiger partial charge < -0.3 is 19.9 Å². The molecule has 0 aromatic carbocycles. The number of carbonyl (C=O) groups excluding carboxylic acids is 1. The topological polar surface area (TPSA) is 44.8 Å². The molecule has 3 atom stereocenters. The van der Waals surface area contributed by atoms with Crippen LogP contribution in [0.15, 0.2) is 0 Å². The Labute approximate surface area is 122 Å². The molecule has 0 aromatic rings. The number of hydrogen-bond donors (Lipinski definition) is 1. The number of ether oxygens (including phenoxy) is 1. The van der Waals surface area contributed by atoms with Gasteiger partial charge in [-0.15, -0.1) is 0 Å². The minimum absolute atomic E-state index is 0.102. The Morgan fingerprint density at radius 1 is 1.25 bits per heavy atom. The third-order valence-electron chi connectivity index (χ3n) is 4.57. The van der Waals surface area contributed by atoms with Crippen LogP contribution in [-0.2, 0) is 9.53 Å². The highest BCUT2D eigenvalue weighted by molar-refractivity contribution is 5.81. The maximum Gasteiger partial charge on any atom is 0.239 e. The Balaban J connectivity index is 1.80. The van der Waals surface area contributed by atoms with Crippen LogP contribution in [0.5, 0.6) is 0 Å². The van der Waals surface area contributed by atoms with Crippen molar-refractivity contribution in [3.05, 3.63) is 0 Å². The number of carbonyl (C=O) groups is 1. The lowest BCUT2D eigenvalue weighted by Crippen LogP contribution is -2.53. The minimum Gasteiger partial charge on any atom is -0.378 e. The summed E-state index contributed by atoms with van der Waals surface area (Å²) in [7, 11) is 2.18. The van der Waals surface area contributed by atoms with Crippen molar-refractivity contribution in [2.45, 2.75) is 38.8 Å². The number of nitrogens with zero attached hydrogens (tertiary/aromatic N) is 2. The second-order valence-corrected chi connectivity index (χ2v) is 6.28. The van der Waals surface area contributed by atoms with Crippen molar-refractivity contribution in [3.8, 4) is 0 Å². The number of morpholine rings is 1. The molecule has 0 radical (unpaired) electrons. The molecule has 1 amide bonds. The van der Waals surface area contributed by atoms with Crippen LogP contribution in [0.2, 0.25) is 0 Å². The van der Waals surface area contributed by atoms with Crippen molar-refractivity contribution in [3.63, 3.8) is 0 Å². The molecule has 116 valence electrons. The summed E-state index contributed by atoms with van der Waals surface area (Å²) in [5.74, 6) is 0.859. The summed E-state index contributed by atoms with van der Waals surface area (Å²) >= 11 is 0. The Kier molecular flexibility index (Phi) is 5.81. The van der Waals surface area contributed by atoms with Gasteiger partial charge in [-0.3, -0.25) is 4.79 Å². The van der Waals surface area contributed by atoms with E-state index in [1.165, 1.54) is 19.4 Å². The first-order valence-corrected chi connectivity index (χ1v) is 7.89. The third kappa shape index (κ3) is 4.17. The lowest BCUT2D eigenvalue weighted by atomic mass is 9.91. The highest BCUT2D eigenvalue weighted by Gasteiger charge is 2.27. The monoisotopic (exact) mass is 283 g/mol. The maximum atomic E-state index is 12.4. The standard InChI is InChI=1S/C15H29N3O2/c1-12(14-5-4-6-17(3)11-14)16-13(2)15(19)18-7-9-20-10-8-18/h12-14,16H,4-11H2,1-3H3. The molecule has 2 rings (SSSR count).